The summed E-state index contributed by atoms with van der Waals surface area (Å²) in [7, 11) is 1.50. The first-order valence-electron chi connectivity index (χ1n) is 8.00. The van der Waals surface area contributed by atoms with Crippen molar-refractivity contribution < 1.29 is 9.53 Å². The zero-order valence-electron chi connectivity index (χ0n) is 13.1. The number of carbonyl (C=O) groups is 1. The highest BCUT2D eigenvalue weighted by atomic mass is 125. The molecule has 2 bridgehead atoms. The maximum absolute atomic E-state index is 12.5. The quantitative estimate of drug-likeness (QED) is 0.510. The molecule has 4 atom stereocenters. The lowest BCUT2D eigenvalue weighted by atomic mass is 9.76. The van der Waals surface area contributed by atoms with Gasteiger partial charge in [0.15, 0.2) is 0 Å². The Labute approximate surface area is 156 Å². The molecule has 124 valence electrons. The summed E-state index contributed by atoms with van der Waals surface area (Å²) in [5.74, 6) is 0.0401. The van der Waals surface area contributed by atoms with Gasteiger partial charge < -0.3 is 4.74 Å². The molecule has 2 heterocycles. The molecule has 0 N–H and O–H groups in total. The van der Waals surface area contributed by atoms with Crippen LogP contribution in [0.5, 0.6) is 0 Å². The first-order valence-corrected chi connectivity index (χ1v) is 9.62. The Bertz CT molecular complexity index is 589. The summed E-state index contributed by atoms with van der Waals surface area (Å²) in [5, 5.41) is 0.732. The minimum Gasteiger partial charge on any atom is -0.469 e. The lowest BCUT2D eigenvalue weighted by Crippen LogP contribution is -2.50. The fourth-order valence-electron chi connectivity index (χ4n) is 4.27. The highest BCUT2D eigenvalue weighted by Gasteiger charge is 2.50. The Balaban J connectivity index is 1.91. The van der Waals surface area contributed by atoms with Crippen molar-refractivity contribution in [3.63, 3.8) is 0 Å². The minimum absolute atomic E-state index is 0.0845. The molecule has 0 unspecified atom stereocenters. The van der Waals surface area contributed by atoms with E-state index in [1.807, 2.05) is 12.1 Å². The molecule has 5 heteroatoms. The molecule has 1 aromatic rings. The SMILES string of the molecule is COC(=O)[C@H]1[C@@H](c2ccc(Cl)cc2)C[C@@H]2CC[C@H]1N2C/C=C/[125I]. The molecule has 23 heavy (non-hydrogen) atoms. The first-order chi connectivity index (χ1) is 11.2. The van der Waals surface area contributed by atoms with E-state index in [2.05, 4.69) is 49.8 Å². The molecular weight excluding hydrogens is 423 g/mol. The second-order valence-electron chi connectivity index (χ2n) is 6.30. The second kappa shape index (κ2) is 7.53. The van der Waals surface area contributed by atoms with Crippen LogP contribution >= 0.6 is 34.2 Å². The standard InChI is InChI=1S/C18H21ClINO2/c1-23-18(22)17-15(12-3-5-13(19)6-4-12)11-14-7-8-16(17)21(14)10-2-9-20/h2-6,9,14-17H,7-8,10-11H2,1H3/b9-2+/t14-,15+,16+,17-/m0/s1/i20-2. The number of nitrogens with zero attached hydrogens (tertiary/aromatic N) is 1. The van der Waals surface area contributed by atoms with Crippen LogP contribution in [0.2, 0.25) is 5.02 Å². The number of methoxy groups -OCH3 is 1. The highest BCUT2D eigenvalue weighted by molar-refractivity contribution is 14.1. The largest absolute Gasteiger partial charge is 0.469 e. The third kappa shape index (κ3) is 3.44. The fraction of sp³-hybridized carbons (Fsp3) is 0.500. The molecule has 3 rings (SSSR count). The van der Waals surface area contributed by atoms with Crippen molar-refractivity contribution in [3.8, 4) is 0 Å². The Morgan fingerprint density at radius 2 is 2.13 bits per heavy atom. The number of rotatable bonds is 4. The predicted octanol–water partition coefficient (Wildman–Crippen LogP) is 4.40. The van der Waals surface area contributed by atoms with Gasteiger partial charge in [-0.05, 0) is 41.0 Å². The second-order valence-corrected chi connectivity index (χ2v) is 7.46. The van der Waals surface area contributed by atoms with Gasteiger partial charge in [-0.2, -0.15) is 0 Å². The van der Waals surface area contributed by atoms with Gasteiger partial charge in [0.25, 0.3) is 0 Å². The van der Waals surface area contributed by atoms with Gasteiger partial charge in [0.1, 0.15) is 0 Å². The number of carbonyl (C=O) groups excluding carboxylic acids is 1. The molecule has 2 aliphatic heterocycles. The van der Waals surface area contributed by atoms with Crippen LogP contribution in [0.25, 0.3) is 0 Å². The van der Waals surface area contributed by atoms with Crippen molar-refractivity contribution in [1.82, 2.24) is 4.90 Å². The number of benzene rings is 1. The summed E-state index contributed by atoms with van der Waals surface area (Å²) in [5.41, 5.74) is 1.20. The lowest BCUT2D eigenvalue weighted by Gasteiger charge is -2.43. The Hall–Kier alpha value is -0.590. The molecule has 0 radical (unpaired) electrons. The van der Waals surface area contributed by atoms with Gasteiger partial charge in [0, 0.05) is 29.6 Å². The molecule has 3 nitrogen and oxygen atoms in total. The Kier molecular flexibility index (Phi) is 5.65. The summed E-state index contributed by atoms with van der Waals surface area (Å²) >= 11 is 8.27. The number of hydrogen-bond donors (Lipinski definition) is 0. The van der Waals surface area contributed by atoms with Crippen molar-refractivity contribution in [2.24, 2.45) is 5.92 Å². The molecule has 2 aliphatic rings. The maximum atomic E-state index is 12.5. The van der Waals surface area contributed by atoms with E-state index in [1.54, 1.807) is 0 Å². The lowest BCUT2D eigenvalue weighted by molar-refractivity contribution is -0.150. The minimum atomic E-state index is -0.0949. The maximum Gasteiger partial charge on any atom is 0.310 e. The highest BCUT2D eigenvalue weighted by Crippen LogP contribution is 2.47. The van der Waals surface area contributed by atoms with Crippen LogP contribution in [0.3, 0.4) is 0 Å². The number of ether oxygens (including phenoxy) is 1. The van der Waals surface area contributed by atoms with Crippen molar-refractivity contribution >= 4 is 40.2 Å². The number of halogens is 2. The van der Waals surface area contributed by atoms with Gasteiger partial charge in [0.05, 0.1) is 13.0 Å². The van der Waals surface area contributed by atoms with E-state index in [0.29, 0.717) is 6.04 Å². The van der Waals surface area contributed by atoms with E-state index in [4.69, 9.17) is 16.3 Å². The van der Waals surface area contributed by atoms with Gasteiger partial charge in [-0.15, -0.1) is 0 Å². The average Bonchev–Trinajstić information content (AvgIpc) is 2.84. The summed E-state index contributed by atoms with van der Waals surface area (Å²) in [6.07, 6.45) is 5.41. The van der Waals surface area contributed by atoms with Gasteiger partial charge in [-0.25, -0.2) is 0 Å². The summed E-state index contributed by atoms with van der Waals surface area (Å²) < 4.78 is 7.21. The zero-order chi connectivity index (χ0) is 16.4. The van der Waals surface area contributed by atoms with E-state index in [-0.39, 0.29) is 23.8 Å². The van der Waals surface area contributed by atoms with E-state index in [0.717, 1.165) is 30.8 Å². The predicted molar refractivity (Wildman–Crippen MR) is 101 cm³/mol. The first kappa shape index (κ1) is 17.2. The molecule has 2 fully saturated rings. The van der Waals surface area contributed by atoms with E-state index < -0.39 is 0 Å². The number of piperidine rings is 1. The van der Waals surface area contributed by atoms with Crippen molar-refractivity contribution in [2.75, 3.05) is 13.7 Å². The van der Waals surface area contributed by atoms with Crippen LogP contribution in [-0.2, 0) is 9.53 Å². The molecule has 0 aliphatic carbocycles. The van der Waals surface area contributed by atoms with Crippen LogP contribution in [0.1, 0.15) is 30.7 Å². The molecular formula is C18H21ClINO2. The van der Waals surface area contributed by atoms with Crippen molar-refractivity contribution in [1.29, 1.82) is 0 Å². The van der Waals surface area contributed by atoms with E-state index in [9.17, 15) is 4.79 Å². The van der Waals surface area contributed by atoms with E-state index >= 15 is 0 Å². The van der Waals surface area contributed by atoms with Crippen LogP contribution in [-0.4, -0.2) is 36.6 Å². The Morgan fingerprint density at radius 1 is 1.39 bits per heavy atom. The van der Waals surface area contributed by atoms with Crippen LogP contribution in [0.15, 0.2) is 34.4 Å². The molecule has 2 saturated heterocycles. The van der Waals surface area contributed by atoms with Crippen LogP contribution < -0.4 is 0 Å². The van der Waals surface area contributed by atoms with E-state index in [1.165, 1.54) is 12.7 Å². The zero-order valence-corrected chi connectivity index (χ0v) is 16.0. The topological polar surface area (TPSA) is 29.5 Å². The van der Waals surface area contributed by atoms with Crippen LogP contribution in [0, 0.1) is 5.92 Å². The monoisotopic (exact) mass is 443 g/mol. The van der Waals surface area contributed by atoms with Gasteiger partial charge in [0.2, 0.25) is 0 Å². The fourth-order valence-corrected chi connectivity index (χ4v) is 4.62. The van der Waals surface area contributed by atoms with Crippen molar-refractivity contribution in [2.45, 2.75) is 37.3 Å². The Morgan fingerprint density at radius 3 is 2.78 bits per heavy atom. The summed E-state index contributed by atoms with van der Waals surface area (Å²) in [4.78, 5) is 15.0. The third-order valence-electron chi connectivity index (χ3n) is 5.24. The van der Waals surface area contributed by atoms with Gasteiger partial charge >= 0.3 is 5.97 Å². The van der Waals surface area contributed by atoms with Gasteiger partial charge in [-0.1, -0.05) is 52.4 Å². The molecule has 0 aromatic heterocycles. The smallest absolute Gasteiger partial charge is 0.310 e. The number of esters is 1. The molecule has 0 amide bonds. The molecule has 0 spiro atoms. The van der Waals surface area contributed by atoms with Gasteiger partial charge in [-0.3, -0.25) is 9.69 Å². The molecule has 0 saturated carbocycles. The molecule has 1 aromatic carbocycles. The number of fused-ring (bicyclic) bond motifs is 2. The van der Waals surface area contributed by atoms with Crippen LogP contribution in [0.4, 0.5) is 0 Å². The summed E-state index contributed by atoms with van der Waals surface area (Å²) in [6, 6.07) is 8.77. The summed E-state index contributed by atoms with van der Waals surface area (Å²) in [6.45, 7) is 0.916. The average molecular weight is 444 g/mol. The van der Waals surface area contributed by atoms with Crippen molar-refractivity contribution in [3.05, 3.63) is 45.0 Å². The third-order valence-corrected chi connectivity index (χ3v) is 6.00. The normalized spacial score (nSPS) is 30.7. The number of hydrogen-bond acceptors (Lipinski definition) is 3.